The molecule has 0 bridgehead atoms. The summed E-state index contributed by atoms with van der Waals surface area (Å²) in [4.78, 5) is 15.7. The molecule has 15 heavy (non-hydrogen) atoms. The van der Waals surface area contributed by atoms with Gasteiger partial charge in [-0.1, -0.05) is 0 Å². The van der Waals surface area contributed by atoms with Crippen molar-refractivity contribution >= 4 is 6.09 Å². The lowest BCUT2D eigenvalue weighted by atomic mass is 10.0. The Labute approximate surface area is 90.1 Å². The first-order chi connectivity index (χ1) is 7.22. The number of nitrogens with zero attached hydrogens (tertiary/aromatic N) is 2. The van der Waals surface area contributed by atoms with E-state index in [4.69, 9.17) is 10.5 Å². The van der Waals surface area contributed by atoms with Gasteiger partial charge in [0, 0.05) is 12.6 Å². The summed E-state index contributed by atoms with van der Waals surface area (Å²) < 4.78 is 5.04. The van der Waals surface area contributed by atoms with Gasteiger partial charge in [0.05, 0.1) is 6.04 Å². The van der Waals surface area contributed by atoms with E-state index in [1.54, 1.807) is 0 Å². The van der Waals surface area contributed by atoms with Crippen LogP contribution in [0.3, 0.4) is 0 Å². The Morgan fingerprint density at radius 1 is 1.47 bits per heavy atom. The molecular weight excluding hydrogens is 194 g/mol. The number of carbonyl (C=O) groups is 1. The fourth-order valence-electron chi connectivity index (χ4n) is 2.37. The highest BCUT2D eigenvalue weighted by atomic mass is 16.6. The highest BCUT2D eigenvalue weighted by Gasteiger charge is 2.38. The molecule has 0 saturated carbocycles. The Hall–Kier alpha value is -0.810. The SMILES string of the molecule is CN1CCC(N2C(=O)OCC2CN)CC1. The lowest BCUT2D eigenvalue weighted by Gasteiger charge is -2.36. The van der Waals surface area contributed by atoms with E-state index >= 15 is 0 Å². The molecule has 2 aliphatic heterocycles. The molecule has 1 unspecified atom stereocenters. The van der Waals surface area contributed by atoms with Crippen molar-refractivity contribution in [3.63, 3.8) is 0 Å². The van der Waals surface area contributed by atoms with Crippen LogP contribution in [0.15, 0.2) is 0 Å². The zero-order valence-corrected chi connectivity index (χ0v) is 9.19. The highest BCUT2D eigenvalue weighted by Crippen LogP contribution is 2.22. The van der Waals surface area contributed by atoms with Gasteiger partial charge in [-0.2, -0.15) is 0 Å². The summed E-state index contributed by atoms with van der Waals surface area (Å²) in [6.45, 7) is 3.05. The van der Waals surface area contributed by atoms with E-state index < -0.39 is 0 Å². The van der Waals surface area contributed by atoms with Crippen molar-refractivity contribution in [2.75, 3.05) is 33.3 Å². The van der Waals surface area contributed by atoms with Crippen LogP contribution in [0.25, 0.3) is 0 Å². The molecule has 0 aromatic heterocycles. The summed E-state index contributed by atoms with van der Waals surface area (Å²) in [5.41, 5.74) is 5.64. The van der Waals surface area contributed by atoms with E-state index in [9.17, 15) is 4.79 Å². The molecule has 2 rings (SSSR count). The predicted molar refractivity (Wildman–Crippen MR) is 56.5 cm³/mol. The fraction of sp³-hybridized carbons (Fsp3) is 0.900. The first-order valence-electron chi connectivity index (χ1n) is 5.56. The average Bonchev–Trinajstić information content (AvgIpc) is 2.61. The van der Waals surface area contributed by atoms with Crippen LogP contribution in [0.2, 0.25) is 0 Å². The van der Waals surface area contributed by atoms with Crippen molar-refractivity contribution in [2.24, 2.45) is 5.73 Å². The molecule has 2 heterocycles. The molecule has 2 aliphatic rings. The van der Waals surface area contributed by atoms with Gasteiger partial charge in [0.15, 0.2) is 0 Å². The van der Waals surface area contributed by atoms with Crippen molar-refractivity contribution < 1.29 is 9.53 Å². The monoisotopic (exact) mass is 213 g/mol. The summed E-state index contributed by atoms with van der Waals surface area (Å²) in [6, 6.07) is 0.413. The Morgan fingerprint density at radius 2 is 2.13 bits per heavy atom. The van der Waals surface area contributed by atoms with Crippen molar-refractivity contribution in [3.05, 3.63) is 0 Å². The quantitative estimate of drug-likeness (QED) is 0.693. The van der Waals surface area contributed by atoms with Gasteiger partial charge < -0.3 is 15.4 Å². The van der Waals surface area contributed by atoms with Gasteiger partial charge in [0.1, 0.15) is 6.61 Å². The van der Waals surface area contributed by atoms with E-state index in [0.29, 0.717) is 19.2 Å². The molecule has 1 amide bonds. The van der Waals surface area contributed by atoms with Crippen LogP contribution in [-0.2, 0) is 4.74 Å². The second-order valence-electron chi connectivity index (χ2n) is 4.41. The summed E-state index contributed by atoms with van der Waals surface area (Å²) in [6.07, 6.45) is 1.88. The molecule has 2 N–H and O–H groups in total. The zero-order chi connectivity index (χ0) is 10.8. The van der Waals surface area contributed by atoms with Crippen molar-refractivity contribution in [1.82, 2.24) is 9.80 Å². The van der Waals surface area contributed by atoms with Crippen LogP contribution in [0.5, 0.6) is 0 Å². The van der Waals surface area contributed by atoms with E-state index in [1.165, 1.54) is 0 Å². The van der Waals surface area contributed by atoms with Gasteiger partial charge in [-0.15, -0.1) is 0 Å². The van der Waals surface area contributed by atoms with Crippen LogP contribution in [0.1, 0.15) is 12.8 Å². The first kappa shape index (κ1) is 10.7. The molecule has 0 aliphatic carbocycles. The number of amides is 1. The molecule has 0 aromatic rings. The summed E-state index contributed by atoms with van der Waals surface area (Å²) in [5.74, 6) is 0. The minimum atomic E-state index is -0.181. The third-order valence-electron chi connectivity index (χ3n) is 3.36. The van der Waals surface area contributed by atoms with Gasteiger partial charge in [0.25, 0.3) is 0 Å². The van der Waals surface area contributed by atoms with Crippen LogP contribution in [-0.4, -0.2) is 61.3 Å². The fourth-order valence-corrected chi connectivity index (χ4v) is 2.37. The molecule has 5 heteroatoms. The average molecular weight is 213 g/mol. The molecule has 0 radical (unpaired) electrons. The first-order valence-corrected chi connectivity index (χ1v) is 5.56. The third kappa shape index (κ3) is 2.08. The van der Waals surface area contributed by atoms with E-state index in [0.717, 1.165) is 25.9 Å². The number of likely N-dealkylation sites (tertiary alicyclic amines) is 1. The molecule has 2 saturated heterocycles. The van der Waals surface area contributed by atoms with Gasteiger partial charge in [-0.05, 0) is 33.0 Å². The van der Waals surface area contributed by atoms with Crippen LogP contribution in [0, 0.1) is 0 Å². The second kappa shape index (κ2) is 4.37. The van der Waals surface area contributed by atoms with E-state index in [2.05, 4.69) is 11.9 Å². The van der Waals surface area contributed by atoms with Crippen LogP contribution in [0.4, 0.5) is 4.79 Å². The largest absolute Gasteiger partial charge is 0.447 e. The maximum absolute atomic E-state index is 11.6. The zero-order valence-electron chi connectivity index (χ0n) is 9.19. The standard InChI is InChI=1S/C10H19N3O2/c1-12-4-2-8(3-5-12)13-9(6-11)7-15-10(13)14/h8-9H,2-7,11H2,1H3. The van der Waals surface area contributed by atoms with Crippen LogP contribution >= 0.6 is 0 Å². The molecular formula is C10H19N3O2. The summed E-state index contributed by atoms with van der Waals surface area (Å²) >= 11 is 0. The Morgan fingerprint density at radius 3 is 2.73 bits per heavy atom. The second-order valence-corrected chi connectivity index (χ2v) is 4.41. The van der Waals surface area contributed by atoms with Crippen molar-refractivity contribution in [2.45, 2.75) is 24.9 Å². The maximum atomic E-state index is 11.6. The van der Waals surface area contributed by atoms with Gasteiger partial charge in [-0.3, -0.25) is 4.90 Å². The molecule has 2 fully saturated rings. The minimum absolute atomic E-state index is 0.0888. The predicted octanol–water partition coefficient (Wildman–Crippen LogP) is -0.140. The topological polar surface area (TPSA) is 58.8 Å². The lowest BCUT2D eigenvalue weighted by molar-refractivity contribution is 0.116. The van der Waals surface area contributed by atoms with E-state index in [-0.39, 0.29) is 12.1 Å². The minimum Gasteiger partial charge on any atom is -0.447 e. The Kier molecular flexibility index (Phi) is 3.11. The third-order valence-corrected chi connectivity index (χ3v) is 3.36. The molecule has 0 spiro atoms. The van der Waals surface area contributed by atoms with Gasteiger partial charge in [-0.25, -0.2) is 4.79 Å². The normalized spacial score (nSPS) is 29.6. The van der Waals surface area contributed by atoms with Gasteiger partial charge in [0.2, 0.25) is 0 Å². The maximum Gasteiger partial charge on any atom is 0.410 e. The molecule has 86 valence electrons. The van der Waals surface area contributed by atoms with Crippen LogP contribution < -0.4 is 5.73 Å². The van der Waals surface area contributed by atoms with Crippen molar-refractivity contribution in [3.8, 4) is 0 Å². The lowest BCUT2D eigenvalue weighted by Crippen LogP contribution is -2.49. The van der Waals surface area contributed by atoms with E-state index in [1.807, 2.05) is 4.90 Å². The number of ether oxygens (including phenoxy) is 1. The van der Waals surface area contributed by atoms with Gasteiger partial charge >= 0.3 is 6.09 Å². The van der Waals surface area contributed by atoms with Crippen molar-refractivity contribution in [1.29, 1.82) is 0 Å². The number of piperidine rings is 1. The molecule has 0 aromatic carbocycles. The smallest absolute Gasteiger partial charge is 0.410 e. The number of nitrogens with two attached hydrogens (primary N) is 1. The number of cyclic esters (lactones) is 1. The number of carbonyl (C=O) groups excluding carboxylic acids is 1. The molecule has 1 atom stereocenters. The molecule has 5 nitrogen and oxygen atoms in total. The summed E-state index contributed by atoms with van der Waals surface area (Å²) in [7, 11) is 2.11. The Balaban J connectivity index is 1.99. The number of rotatable bonds is 2. The highest BCUT2D eigenvalue weighted by molar-refractivity contribution is 5.70. The Bertz CT molecular complexity index is 239. The number of hydrogen-bond donors (Lipinski definition) is 1. The number of hydrogen-bond acceptors (Lipinski definition) is 4. The summed E-state index contributed by atoms with van der Waals surface area (Å²) in [5, 5.41) is 0.